The lowest BCUT2D eigenvalue weighted by atomic mass is 10.1. The highest BCUT2D eigenvalue weighted by atomic mass is 16.2. The van der Waals surface area contributed by atoms with Gasteiger partial charge >= 0.3 is 0 Å². The number of aromatic nitrogens is 2. The number of carbonyl (C=O) groups is 2. The molecule has 0 atom stereocenters. The Morgan fingerprint density at radius 2 is 1.78 bits per heavy atom. The SMILES string of the molecule is Cc1cc(C)c(NC(=O)c2nc(C(=O)NC3CC3)c3n2CCCC3)c(C)c1. The molecule has 1 aliphatic heterocycles. The van der Waals surface area contributed by atoms with Gasteiger partial charge in [-0.05, 0) is 64.0 Å². The van der Waals surface area contributed by atoms with Crippen molar-refractivity contribution >= 4 is 17.5 Å². The van der Waals surface area contributed by atoms with E-state index < -0.39 is 0 Å². The second-order valence-corrected chi connectivity index (χ2v) is 7.82. The summed E-state index contributed by atoms with van der Waals surface area (Å²) in [6.45, 7) is 6.76. The Labute approximate surface area is 159 Å². The van der Waals surface area contributed by atoms with Crippen molar-refractivity contribution in [2.45, 2.75) is 65.5 Å². The van der Waals surface area contributed by atoms with Crippen molar-refractivity contribution in [3.63, 3.8) is 0 Å². The normalized spacial score (nSPS) is 16.0. The summed E-state index contributed by atoms with van der Waals surface area (Å²) in [5.41, 5.74) is 5.35. The van der Waals surface area contributed by atoms with Crippen LogP contribution in [0.1, 0.15) is 69.2 Å². The summed E-state index contributed by atoms with van der Waals surface area (Å²) in [5, 5.41) is 6.02. The molecule has 1 saturated carbocycles. The number of rotatable bonds is 4. The van der Waals surface area contributed by atoms with Crippen LogP contribution in [0.5, 0.6) is 0 Å². The van der Waals surface area contributed by atoms with E-state index in [2.05, 4.69) is 27.8 Å². The van der Waals surface area contributed by atoms with E-state index in [1.165, 1.54) is 5.56 Å². The van der Waals surface area contributed by atoms with Crippen molar-refractivity contribution in [2.24, 2.45) is 0 Å². The average Bonchev–Trinajstić information content (AvgIpc) is 3.34. The lowest BCUT2D eigenvalue weighted by Gasteiger charge is -2.18. The maximum atomic E-state index is 13.0. The summed E-state index contributed by atoms with van der Waals surface area (Å²) in [4.78, 5) is 30.1. The number of aryl methyl sites for hydroxylation is 3. The topological polar surface area (TPSA) is 76.0 Å². The molecular formula is C21H26N4O2. The molecule has 0 saturated heterocycles. The van der Waals surface area contributed by atoms with E-state index in [4.69, 9.17) is 0 Å². The Kier molecular flexibility index (Phi) is 4.50. The van der Waals surface area contributed by atoms with Crippen LogP contribution in [0.25, 0.3) is 0 Å². The molecule has 1 fully saturated rings. The molecule has 6 heteroatoms. The molecule has 2 aliphatic rings. The van der Waals surface area contributed by atoms with Gasteiger partial charge in [0.15, 0.2) is 5.82 Å². The van der Waals surface area contributed by atoms with E-state index in [1.807, 2.05) is 25.3 Å². The molecule has 27 heavy (non-hydrogen) atoms. The lowest BCUT2D eigenvalue weighted by molar-refractivity contribution is 0.0945. The summed E-state index contributed by atoms with van der Waals surface area (Å²) in [6, 6.07) is 4.38. The highest BCUT2D eigenvalue weighted by Crippen LogP contribution is 2.26. The first-order valence-electron chi connectivity index (χ1n) is 9.73. The van der Waals surface area contributed by atoms with E-state index in [1.54, 1.807) is 0 Å². The molecule has 2 N–H and O–H groups in total. The third kappa shape index (κ3) is 3.48. The van der Waals surface area contributed by atoms with Crippen LogP contribution in [0.3, 0.4) is 0 Å². The minimum atomic E-state index is -0.251. The Balaban J connectivity index is 1.65. The van der Waals surface area contributed by atoms with Gasteiger partial charge in [-0.3, -0.25) is 9.59 Å². The number of amides is 2. The summed E-state index contributed by atoms with van der Waals surface area (Å²) < 4.78 is 1.93. The molecule has 6 nitrogen and oxygen atoms in total. The zero-order valence-electron chi connectivity index (χ0n) is 16.2. The van der Waals surface area contributed by atoms with E-state index in [-0.39, 0.29) is 17.9 Å². The van der Waals surface area contributed by atoms with E-state index in [9.17, 15) is 9.59 Å². The molecule has 0 radical (unpaired) electrons. The minimum Gasteiger partial charge on any atom is -0.348 e. The summed E-state index contributed by atoms with van der Waals surface area (Å²) >= 11 is 0. The third-order valence-corrected chi connectivity index (χ3v) is 5.36. The fraction of sp³-hybridized carbons (Fsp3) is 0.476. The molecule has 1 aliphatic carbocycles. The van der Waals surface area contributed by atoms with Gasteiger partial charge in [-0.25, -0.2) is 4.98 Å². The number of fused-ring (bicyclic) bond motifs is 1. The first-order chi connectivity index (χ1) is 12.9. The van der Waals surface area contributed by atoms with Gasteiger partial charge in [-0.2, -0.15) is 0 Å². The van der Waals surface area contributed by atoms with Crippen LogP contribution in [-0.2, 0) is 13.0 Å². The number of carbonyl (C=O) groups excluding carboxylic acids is 2. The first-order valence-corrected chi connectivity index (χ1v) is 9.73. The van der Waals surface area contributed by atoms with Gasteiger partial charge in [0, 0.05) is 18.3 Å². The van der Waals surface area contributed by atoms with Crippen molar-refractivity contribution in [2.75, 3.05) is 5.32 Å². The molecule has 0 bridgehead atoms. The van der Waals surface area contributed by atoms with Crippen molar-refractivity contribution in [3.8, 4) is 0 Å². The van der Waals surface area contributed by atoms with Gasteiger partial charge < -0.3 is 15.2 Å². The molecule has 2 heterocycles. The third-order valence-electron chi connectivity index (χ3n) is 5.36. The molecule has 2 amide bonds. The minimum absolute atomic E-state index is 0.148. The highest BCUT2D eigenvalue weighted by molar-refractivity contribution is 6.04. The molecular weight excluding hydrogens is 340 g/mol. The van der Waals surface area contributed by atoms with Crippen molar-refractivity contribution in [1.29, 1.82) is 0 Å². The predicted octanol–water partition coefficient (Wildman–Crippen LogP) is 3.29. The van der Waals surface area contributed by atoms with Crippen LogP contribution in [-0.4, -0.2) is 27.4 Å². The second-order valence-electron chi connectivity index (χ2n) is 7.82. The van der Waals surface area contributed by atoms with Gasteiger partial charge in [0.1, 0.15) is 5.69 Å². The van der Waals surface area contributed by atoms with Crippen molar-refractivity contribution in [1.82, 2.24) is 14.9 Å². The van der Waals surface area contributed by atoms with E-state index in [0.29, 0.717) is 11.5 Å². The Morgan fingerprint density at radius 3 is 2.44 bits per heavy atom. The molecule has 2 aromatic rings. The lowest BCUT2D eigenvalue weighted by Crippen LogP contribution is -2.27. The largest absolute Gasteiger partial charge is 0.348 e. The number of hydrogen-bond donors (Lipinski definition) is 2. The average molecular weight is 366 g/mol. The molecule has 1 aromatic carbocycles. The smallest absolute Gasteiger partial charge is 0.291 e. The fourth-order valence-electron chi connectivity index (χ4n) is 3.93. The summed E-state index contributed by atoms with van der Waals surface area (Å²) in [6.07, 6.45) is 4.86. The van der Waals surface area contributed by atoms with Crippen LogP contribution in [0.4, 0.5) is 5.69 Å². The van der Waals surface area contributed by atoms with Gasteiger partial charge in [0.05, 0.1) is 5.69 Å². The number of hydrogen-bond acceptors (Lipinski definition) is 3. The molecule has 4 rings (SSSR count). The van der Waals surface area contributed by atoms with E-state index in [0.717, 1.165) is 61.2 Å². The van der Waals surface area contributed by atoms with Crippen molar-refractivity contribution in [3.05, 3.63) is 46.0 Å². The van der Waals surface area contributed by atoms with Crippen LogP contribution < -0.4 is 10.6 Å². The van der Waals surface area contributed by atoms with Gasteiger partial charge in [-0.15, -0.1) is 0 Å². The van der Waals surface area contributed by atoms with Crippen molar-refractivity contribution < 1.29 is 9.59 Å². The molecule has 0 unspecified atom stereocenters. The zero-order chi connectivity index (χ0) is 19.1. The number of nitrogens with one attached hydrogen (secondary N) is 2. The van der Waals surface area contributed by atoms with Gasteiger partial charge in [0.25, 0.3) is 11.8 Å². The van der Waals surface area contributed by atoms with E-state index >= 15 is 0 Å². The maximum Gasteiger partial charge on any atom is 0.291 e. The predicted molar refractivity (Wildman–Crippen MR) is 104 cm³/mol. The molecule has 0 spiro atoms. The standard InChI is InChI=1S/C21H26N4O2/c1-12-10-13(2)17(14(3)11-12)24-21(27)19-23-18(20(26)22-15-7-8-15)16-6-4-5-9-25(16)19/h10-11,15H,4-9H2,1-3H3,(H,22,26)(H,24,27). The number of anilines is 1. The number of imidazole rings is 1. The molecule has 142 valence electrons. The first kappa shape index (κ1) is 17.8. The molecule has 1 aromatic heterocycles. The summed E-state index contributed by atoms with van der Waals surface area (Å²) in [7, 11) is 0. The Hall–Kier alpha value is -2.63. The number of nitrogens with zero attached hydrogens (tertiary/aromatic N) is 2. The second kappa shape index (κ2) is 6.83. The fourth-order valence-corrected chi connectivity index (χ4v) is 3.93. The van der Waals surface area contributed by atoms with Crippen LogP contribution >= 0.6 is 0 Å². The van der Waals surface area contributed by atoms with Gasteiger partial charge in [0.2, 0.25) is 0 Å². The van der Waals surface area contributed by atoms with Gasteiger partial charge in [-0.1, -0.05) is 17.7 Å². The monoisotopic (exact) mass is 366 g/mol. The summed E-state index contributed by atoms with van der Waals surface area (Å²) in [5.74, 6) is -0.0615. The quantitative estimate of drug-likeness (QED) is 0.872. The highest BCUT2D eigenvalue weighted by Gasteiger charge is 2.31. The van der Waals surface area contributed by atoms with Crippen LogP contribution in [0, 0.1) is 20.8 Å². The maximum absolute atomic E-state index is 13.0. The zero-order valence-corrected chi connectivity index (χ0v) is 16.2. The number of benzene rings is 1. The van der Waals surface area contributed by atoms with Crippen LogP contribution in [0.2, 0.25) is 0 Å². The Bertz CT molecular complexity index is 901. The Morgan fingerprint density at radius 1 is 1.07 bits per heavy atom. The van der Waals surface area contributed by atoms with Crippen LogP contribution in [0.15, 0.2) is 12.1 Å².